The quantitative estimate of drug-likeness (QED) is 0.743. The molecule has 122 valence electrons. The van der Waals surface area contributed by atoms with Gasteiger partial charge in [0, 0.05) is 11.8 Å². The van der Waals surface area contributed by atoms with Gasteiger partial charge in [0.05, 0.1) is 0 Å². The maximum atomic E-state index is 12.8. The first kappa shape index (κ1) is 15.8. The number of hydrogen-bond donors (Lipinski definition) is 2. The highest BCUT2D eigenvalue weighted by Crippen LogP contribution is 2.22. The van der Waals surface area contributed by atoms with Crippen LogP contribution < -0.4 is 10.6 Å². The number of aryl methyl sites for hydroxylation is 2. The second-order valence-corrected chi connectivity index (χ2v) is 5.67. The van der Waals surface area contributed by atoms with E-state index in [1.165, 1.54) is 0 Å². The summed E-state index contributed by atoms with van der Waals surface area (Å²) in [5, 5.41) is 9.90. The van der Waals surface area contributed by atoms with Gasteiger partial charge in [-0.2, -0.15) is 0 Å². The molecule has 0 saturated heterocycles. The van der Waals surface area contributed by atoms with E-state index >= 15 is 0 Å². The van der Waals surface area contributed by atoms with Crippen molar-refractivity contribution < 1.29 is 9.32 Å². The molecule has 1 heterocycles. The molecule has 3 aromatic rings. The number of hydrogen-bond acceptors (Lipinski definition) is 4. The molecule has 1 atom stereocenters. The Morgan fingerprint density at radius 1 is 1.04 bits per heavy atom. The largest absolute Gasteiger partial charge is 0.370 e. The Bertz CT molecular complexity index is 827. The molecule has 0 aliphatic carbocycles. The van der Waals surface area contributed by atoms with E-state index in [2.05, 4.69) is 15.8 Å². The van der Waals surface area contributed by atoms with Crippen LogP contribution in [0.4, 0.5) is 11.5 Å². The molecular weight excluding hydrogens is 302 g/mol. The van der Waals surface area contributed by atoms with Gasteiger partial charge in [-0.15, -0.1) is 0 Å². The van der Waals surface area contributed by atoms with E-state index in [0.29, 0.717) is 11.6 Å². The predicted octanol–water partition coefficient (Wildman–Crippen LogP) is 4.08. The molecule has 5 nitrogen and oxygen atoms in total. The van der Waals surface area contributed by atoms with Gasteiger partial charge in [-0.05, 0) is 37.1 Å². The van der Waals surface area contributed by atoms with Crippen LogP contribution in [0.25, 0.3) is 0 Å². The lowest BCUT2D eigenvalue weighted by Crippen LogP contribution is -2.27. The first-order chi connectivity index (χ1) is 11.6. The van der Waals surface area contributed by atoms with Crippen molar-refractivity contribution in [1.29, 1.82) is 0 Å². The molecule has 3 rings (SSSR count). The van der Waals surface area contributed by atoms with Crippen molar-refractivity contribution in [3.8, 4) is 0 Å². The summed E-state index contributed by atoms with van der Waals surface area (Å²) in [5.41, 5.74) is 2.88. The lowest BCUT2D eigenvalue weighted by atomic mass is 10.1. The molecule has 5 heteroatoms. The van der Waals surface area contributed by atoms with Crippen LogP contribution in [0.2, 0.25) is 0 Å². The minimum absolute atomic E-state index is 0.198. The second kappa shape index (κ2) is 7.00. The normalized spacial score (nSPS) is 11.8. The zero-order valence-electron chi connectivity index (χ0n) is 13.6. The first-order valence-corrected chi connectivity index (χ1v) is 7.74. The minimum atomic E-state index is -0.537. The molecule has 24 heavy (non-hydrogen) atoms. The van der Waals surface area contributed by atoms with E-state index < -0.39 is 6.04 Å². The fourth-order valence-electron chi connectivity index (χ4n) is 2.47. The van der Waals surface area contributed by atoms with Gasteiger partial charge >= 0.3 is 0 Å². The van der Waals surface area contributed by atoms with Crippen molar-refractivity contribution >= 4 is 17.4 Å². The van der Waals surface area contributed by atoms with Gasteiger partial charge in [0.1, 0.15) is 11.8 Å². The number of benzene rings is 2. The van der Waals surface area contributed by atoms with E-state index in [1.54, 1.807) is 13.0 Å². The molecule has 0 radical (unpaired) electrons. The highest BCUT2D eigenvalue weighted by atomic mass is 16.5. The number of nitrogens with zero attached hydrogens (tertiary/aromatic N) is 1. The highest BCUT2D eigenvalue weighted by Gasteiger charge is 2.21. The SMILES string of the molecule is Cc1cccc(N[C@H](C(=O)Nc2cc(C)on2)c2ccccc2)c1. The van der Waals surface area contributed by atoms with Crippen molar-refractivity contribution in [2.75, 3.05) is 10.6 Å². The van der Waals surface area contributed by atoms with Gasteiger partial charge in [0.25, 0.3) is 5.91 Å². The summed E-state index contributed by atoms with van der Waals surface area (Å²) in [6.07, 6.45) is 0. The lowest BCUT2D eigenvalue weighted by Gasteiger charge is -2.19. The molecule has 1 aromatic heterocycles. The van der Waals surface area contributed by atoms with Crippen LogP contribution in [0, 0.1) is 13.8 Å². The zero-order valence-corrected chi connectivity index (χ0v) is 13.6. The van der Waals surface area contributed by atoms with Crippen LogP contribution >= 0.6 is 0 Å². The number of anilines is 2. The molecule has 0 spiro atoms. The Labute approximate surface area is 140 Å². The summed E-state index contributed by atoms with van der Waals surface area (Å²) in [7, 11) is 0. The van der Waals surface area contributed by atoms with Crippen LogP contribution in [0.3, 0.4) is 0 Å². The Morgan fingerprint density at radius 3 is 2.50 bits per heavy atom. The summed E-state index contributed by atoms with van der Waals surface area (Å²) in [6, 6.07) is 18.6. The average Bonchev–Trinajstić information content (AvgIpc) is 2.98. The third-order valence-electron chi connectivity index (χ3n) is 3.60. The molecule has 0 saturated carbocycles. The van der Waals surface area contributed by atoms with Crippen LogP contribution in [-0.4, -0.2) is 11.1 Å². The Kier molecular flexibility index (Phi) is 4.61. The Balaban J connectivity index is 1.85. The fraction of sp³-hybridized carbons (Fsp3) is 0.158. The molecule has 2 aromatic carbocycles. The van der Waals surface area contributed by atoms with Crippen LogP contribution in [-0.2, 0) is 4.79 Å². The summed E-state index contributed by atoms with van der Waals surface area (Å²) < 4.78 is 5.00. The fourth-order valence-corrected chi connectivity index (χ4v) is 2.47. The van der Waals surface area contributed by atoms with Crippen molar-refractivity contribution in [3.63, 3.8) is 0 Å². The molecule has 0 unspecified atom stereocenters. The monoisotopic (exact) mass is 321 g/mol. The minimum Gasteiger partial charge on any atom is -0.370 e. The Morgan fingerprint density at radius 2 is 1.83 bits per heavy atom. The van der Waals surface area contributed by atoms with Gasteiger partial charge < -0.3 is 15.2 Å². The van der Waals surface area contributed by atoms with Crippen molar-refractivity contribution in [3.05, 3.63) is 77.6 Å². The number of nitrogens with one attached hydrogen (secondary N) is 2. The van der Waals surface area contributed by atoms with E-state index in [1.807, 2.05) is 61.5 Å². The van der Waals surface area contributed by atoms with Crippen LogP contribution in [0.15, 0.2) is 65.2 Å². The number of rotatable bonds is 5. The molecule has 1 amide bonds. The zero-order chi connectivity index (χ0) is 16.9. The average molecular weight is 321 g/mol. The standard InChI is InChI=1S/C19H19N3O2/c1-13-7-6-10-16(11-13)20-18(15-8-4-3-5-9-15)19(23)21-17-12-14(2)24-22-17/h3-12,18,20H,1-2H3,(H,21,22,23)/t18-/m0/s1. The predicted molar refractivity (Wildman–Crippen MR) is 93.9 cm³/mol. The van der Waals surface area contributed by atoms with Gasteiger partial charge in [0.2, 0.25) is 0 Å². The number of carbonyl (C=O) groups excluding carboxylic acids is 1. The lowest BCUT2D eigenvalue weighted by molar-refractivity contribution is -0.117. The van der Waals surface area contributed by atoms with Crippen molar-refractivity contribution in [1.82, 2.24) is 5.16 Å². The Hall–Kier alpha value is -3.08. The van der Waals surface area contributed by atoms with Gasteiger partial charge in [0.15, 0.2) is 5.82 Å². The van der Waals surface area contributed by atoms with Gasteiger partial charge in [-0.25, -0.2) is 0 Å². The molecule has 0 fully saturated rings. The van der Waals surface area contributed by atoms with Crippen LogP contribution in [0.1, 0.15) is 22.9 Å². The smallest absolute Gasteiger partial charge is 0.252 e. The number of amides is 1. The van der Waals surface area contributed by atoms with Crippen LogP contribution in [0.5, 0.6) is 0 Å². The topological polar surface area (TPSA) is 67.2 Å². The molecule has 0 aliphatic rings. The molecule has 0 aliphatic heterocycles. The molecule has 2 N–H and O–H groups in total. The summed E-state index contributed by atoms with van der Waals surface area (Å²) in [4.78, 5) is 12.8. The summed E-state index contributed by atoms with van der Waals surface area (Å²) in [6.45, 7) is 3.79. The summed E-state index contributed by atoms with van der Waals surface area (Å²) >= 11 is 0. The summed E-state index contributed by atoms with van der Waals surface area (Å²) in [5.74, 6) is 0.855. The maximum absolute atomic E-state index is 12.8. The second-order valence-electron chi connectivity index (χ2n) is 5.67. The van der Waals surface area contributed by atoms with E-state index in [-0.39, 0.29) is 5.91 Å². The van der Waals surface area contributed by atoms with Crippen molar-refractivity contribution in [2.24, 2.45) is 0 Å². The molecule has 0 bridgehead atoms. The van der Waals surface area contributed by atoms with Gasteiger partial charge in [-0.3, -0.25) is 4.79 Å². The third-order valence-corrected chi connectivity index (χ3v) is 3.60. The van der Waals surface area contributed by atoms with Gasteiger partial charge in [-0.1, -0.05) is 47.6 Å². The number of aromatic nitrogens is 1. The maximum Gasteiger partial charge on any atom is 0.252 e. The third kappa shape index (κ3) is 3.81. The number of carbonyl (C=O) groups is 1. The molecular formula is C19H19N3O2. The van der Waals surface area contributed by atoms with E-state index in [0.717, 1.165) is 16.8 Å². The highest BCUT2D eigenvalue weighted by molar-refractivity contribution is 5.96. The first-order valence-electron chi connectivity index (χ1n) is 7.74. The van der Waals surface area contributed by atoms with E-state index in [4.69, 9.17) is 4.52 Å². The van der Waals surface area contributed by atoms with E-state index in [9.17, 15) is 4.79 Å². The van der Waals surface area contributed by atoms with Crippen molar-refractivity contribution in [2.45, 2.75) is 19.9 Å².